The molecule has 2 aromatic heterocycles. The van der Waals surface area contributed by atoms with Gasteiger partial charge in [0.15, 0.2) is 0 Å². The number of aliphatic hydroxyl groups excluding tert-OH is 3. The average Bonchev–Trinajstić information content (AvgIpc) is 3.64. The molecule has 1 aliphatic heterocycles. The molecule has 37 heavy (non-hydrogen) atoms. The molecule has 0 bridgehead atoms. The van der Waals surface area contributed by atoms with Crippen LogP contribution in [-0.2, 0) is 22.7 Å². The first-order chi connectivity index (χ1) is 17.9. The van der Waals surface area contributed by atoms with E-state index >= 15 is 0 Å². The van der Waals surface area contributed by atoms with E-state index in [0.717, 1.165) is 40.9 Å². The normalized spacial score (nSPS) is 23.2. The van der Waals surface area contributed by atoms with Crippen LogP contribution in [0.3, 0.4) is 0 Å². The number of hydrogen-bond acceptors (Lipinski definition) is 7. The highest BCUT2D eigenvalue weighted by atomic mass is 32.1. The molecule has 3 heterocycles. The molecule has 4 rings (SSSR count). The fraction of sp³-hybridized carbons (Fsp3) is 0.517. The highest BCUT2D eigenvalue weighted by Crippen LogP contribution is 2.47. The number of hydrogen-bond donors (Lipinski definition) is 3. The zero-order chi connectivity index (χ0) is 26.5. The average molecular weight is 528 g/mol. The third kappa shape index (κ3) is 5.82. The van der Waals surface area contributed by atoms with Gasteiger partial charge in [0.05, 0.1) is 31.1 Å². The van der Waals surface area contributed by atoms with Gasteiger partial charge in [0.2, 0.25) is 11.8 Å². The quantitative estimate of drug-likeness (QED) is 0.273. The summed E-state index contributed by atoms with van der Waals surface area (Å²) in [5.74, 6) is -0.920. The van der Waals surface area contributed by atoms with E-state index in [9.17, 15) is 24.9 Å². The maximum Gasteiger partial charge on any atom is 0.234 e. The summed E-state index contributed by atoms with van der Waals surface area (Å²) in [6.07, 6.45) is 5.02. The summed E-state index contributed by atoms with van der Waals surface area (Å²) in [4.78, 5) is 29.1. The van der Waals surface area contributed by atoms with Crippen LogP contribution >= 0.6 is 11.3 Å². The molecule has 2 aliphatic rings. The topological polar surface area (TPSA) is 111 Å². The number of imide groups is 1. The third-order valence-corrected chi connectivity index (χ3v) is 8.52. The number of allylic oxidation sites excluding steroid dienone is 2. The molecule has 1 saturated heterocycles. The van der Waals surface area contributed by atoms with Gasteiger partial charge in [-0.2, -0.15) is 0 Å². The summed E-state index contributed by atoms with van der Waals surface area (Å²) in [5, 5.41) is 33.0. The van der Waals surface area contributed by atoms with Gasteiger partial charge in [-0.1, -0.05) is 37.5 Å². The molecule has 1 fully saturated rings. The Morgan fingerprint density at radius 1 is 1.22 bits per heavy atom. The summed E-state index contributed by atoms with van der Waals surface area (Å²) in [6, 6.07) is 7.37. The molecular formula is C29H37NO6S. The Balaban J connectivity index is 1.55. The van der Waals surface area contributed by atoms with Gasteiger partial charge in [-0.05, 0) is 67.3 Å². The van der Waals surface area contributed by atoms with Crippen molar-refractivity contribution in [1.82, 2.24) is 4.90 Å². The second-order valence-electron chi connectivity index (χ2n) is 9.95. The number of amides is 2. The summed E-state index contributed by atoms with van der Waals surface area (Å²) >= 11 is 1.51. The lowest BCUT2D eigenvalue weighted by atomic mass is 9.67. The zero-order valence-corrected chi connectivity index (χ0v) is 22.4. The first kappa shape index (κ1) is 27.5. The van der Waals surface area contributed by atoms with Crippen LogP contribution in [0.2, 0.25) is 0 Å². The van der Waals surface area contributed by atoms with Crippen molar-refractivity contribution in [3.63, 3.8) is 0 Å². The molecule has 1 aliphatic carbocycles. The van der Waals surface area contributed by atoms with E-state index in [0.29, 0.717) is 30.8 Å². The molecule has 4 atom stereocenters. The second kappa shape index (κ2) is 12.3. The maximum atomic E-state index is 13.5. The van der Waals surface area contributed by atoms with E-state index in [1.807, 2.05) is 36.6 Å². The minimum atomic E-state index is -0.812. The van der Waals surface area contributed by atoms with E-state index in [2.05, 4.69) is 6.92 Å². The van der Waals surface area contributed by atoms with E-state index in [1.54, 1.807) is 6.07 Å². The Morgan fingerprint density at radius 2 is 2.03 bits per heavy atom. The van der Waals surface area contributed by atoms with Crippen LogP contribution in [0.5, 0.6) is 0 Å². The lowest BCUT2D eigenvalue weighted by molar-refractivity contribution is -0.140. The number of furan rings is 1. The Morgan fingerprint density at radius 3 is 2.65 bits per heavy atom. The number of carbonyl (C=O) groups is 2. The Kier molecular flexibility index (Phi) is 9.18. The van der Waals surface area contributed by atoms with Gasteiger partial charge in [0.25, 0.3) is 0 Å². The molecule has 0 unspecified atom stereocenters. The summed E-state index contributed by atoms with van der Waals surface area (Å²) < 4.78 is 5.58. The van der Waals surface area contributed by atoms with Crippen LogP contribution in [0, 0.1) is 17.8 Å². The second-order valence-corrected chi connectivity index (χ2v) is 11.0. The molecule has 0 aromatic carbocycles. The number of aliphatic hydroxyl groups is 3. The van der Waals surface area contributed by atoms with Crippen molar-refractivity contribution in [3.8, 4) is 0 Å². The van der Waals surface area contributed by atoms with Gasteiger partial charge < -0.3 is 19.7 Å². The minimum Gasteiger partial charge on any atom is -0.459 e. The zero-order valence-electron chi connectivity index (χ0n) is 21.6. The number of fused-ring (bicyclic) bond motifs is 1. The van der Waals surface area contributed by atoms with Gasteiger partial charge in [-0.25, -0.2) is 0 Å². The summed E-state index contributed by atoms with van der Waals surface area (Å²) in [7, 11) is 0. The molecule has 7 nitrogen and oxygen atoms in total. The standard InChI is InChI=1S/C29H37NO6S/c1-3-6-19-14-23-27(29(35)30(28(23)34)15-22-7-5-12-37-22)24(17-32)26(19)25(33)11-8-18(4-2)13-20-9-10-21(16-31)36-20/h5,7,9-10,12-13,23-25,27,31-33H,3-4,6,8,11,14-17H2,1-2H3/b18-13+/t23-,24+,25-,27-/m1/s1. The van der Waals surface area contributed by atoms with Crippen molar-refractivity contribution in [3.05, 3.63) is 62.8 Å². The van der Waals surface area contributed by atoms with Crippen LogP contribution < -0.4 is 0 Å². The van der Waals surface area contributed by atoms with Gasteiger partial charge in [-0.15, -0.1) is 11.3 Å². The minimum absolute atomic E-state index is 0.154. The Bertz CT molecular complexity index is 1150. The predicted octanol–water partition coefficient (Wildman–Crippen LogP) is 4.68. The maximum absolute atomic E-state index is 13.5. The molecule has 0 spiro atoms. The number of likely N-dealkylation sites (tertiary alicyclic amines) is 1. The van der Waals surface area contributed by atoms with E-state index < -0.39 is 23.9 Å². The van der Waals surface area contributed by atoms with Gasteiger partial charge >= 0.3 is 0 Å². The lowest BCUT2D eigenvalue weighted by Gasteiger charge is -2.36. The first-order valence-electron chi connectivity index (χ1n) is 13.2. The smallest absolute Gasteiger partial charge is 0.234 e. The largest absolute Gasteiger partial charge is 0.459 e. The Hall–Kier alpha value is -2.52. The molecule has 2 amide bonds. The van der Waals surface area contributed by atoms with Crippen molar-refractivity contribution in [2.45, 2.75) is 71.6 Å². The van der Waals surface area contributed by atoms with Crippen molar-refractivity contribution in [2.75, 3.05) is 6.61 Å². The van der Waals surface area contributed by atoms with Crippen molar-refractivity contribution in [2.24, 2.45) is 17.8 Å². The first-order valence-corrected chi connectivity index (χ1v) is 14.1. The van der Waals surface area contributed by atoms with Crippen LogP contribution in [0.25, 0.3) is 6.08 Å². The molecule has 8 heteroatoms. The molecule has 3 N–H and O–H groups in total. The number of carbonyl (C=O) groups excluding carboxylic acids is 2. The number of nitrogens with zero attached hydrogens (tertiary/aromatic N) is 1. The molecule has 0 saturated carbocycles. The lowest BCUT2D eigenvalue weighted by Crippen LogP contribution is -2.39. The van der Waals surface area contributed by atoms with Gasteiger partial charge in [0.1, 0.15) is 18.1 Å². The van der Waals surface area contributed by atoms with Crippen LogP contribution in [0.15, 0.2) is 50.8 Å². The highest BCUT2D eigenvalue weighted by Gasteiger charge is 2.54. The van der Waals surface area contributed by atoms with E-state index in [4.69, 9.17) is 4.42 Å². The Labute approximate surface area is 222 Å². The van der Waals surface area contributed by atoms with E-state index in [1.165, 1.54) is 16.2 Å². The van der Waals surface area contributed by atoms with Crippen LogP contribution in [0.1, 0.15) is 68.8 Å². The summed E-state index contributed by atoms with van der Waals surface area (Å²) in [5.41, 5.74) is 2.86. The molecular weight excluding hydrogens is 490 g/mol. The SMILES string of the molecule is CCCC1=C([C@H](O)CC/C(=C/c2ccc(CO)o2)CC)[C@H](CO)[C@@H]2C(=O)N(Cc3cccs3)C(=O)[C@@H]2C1. The van der Waals surface area contributed by atoms with Crippen LogP contribution in [0.4, 0.5) is 0 Å². The fourth-order valence-corrected chi connectivity index (χ4v) is 6.56. The van der Waals surface area contributed by atoms with E-state index in [-0.39, 0.29) is 31.6 Å². The summed E-state index contributed by atoms with van der Waals surface area (Å²) in [6.45, 7) is 3.93. The number of thiophene rings is 1. The molecule has 2 aromatic rings. The van der Waals surface area contributed by atoms with Crippen molar-refractivity contribution < 1.29 is 29.3 Å². The van der Waals surface area contributed by atoms with Crippen LogP contribution in [-0.4, -0.2) is 44.7 Å². The fourth-order valence-electron chi connectivity index (χ4n) is 5.86. The highest BCUT2D eigenvalue weighted by molar-refractivity contribution is 7.09. The third-order valence-electron chi connectivity index (χ3n) is 7.65. The van der Waals surface area contributed by atoms with Gasteiger partial charge in [0, 0.05) is 10.8 Å². The molecule has 0 radical (unpaired) electrons. The predicted molar refractivity (Wildman–Crippen MR) is 142 cm³/mol. The van der Waals surface area contributed by atoms with Gasteiger partial charge in [-0.3, -0.25) is 14.5 Å². The van der Waals surface area contributed by atoms with Crippen molar-refractivity contribution in [1.29, 1.82) is 0 Å². The molecule has 200 valence electrons. The van der Waals surface area contributed by atoms with Crippen molar-refractivity contribution >= 4 is 29.2 Å². The number of rotatable bonds is 12. The monoisotopic (exact) mass is 527 g/mol.